The van der Waals surface area contributed by atoms with Crippen LogP contribution in [0, 0.1) is 5.92 Å². The lowest BCUT2D eigenvalue weighted by atomic mass is 9.78. The van der Waals surface area contributed by atoms with Crippen molar-refractivity contribution in [1.29, 1.82) is 0 Å². The van der Waals surface area contributed by atoms with Gasteiger partial charge in [-0.15, -0.1) is 0 Å². The summed E-state index contributed by atoms with van der Waals surface area (Å²) in [5.74, 6) is 0.612. The molecule has 120 valence electrons. The van der Waals surface area contributed by atoms with Crippen molar-refractivity contribution in [1.82, 2.24) is 0 Å². The molecule has 0 amide bonds. The first-order valence-electron chi connectivity index (χ1n) is 8.94. The standard InChI is InChI=1S/C21H25NO/c23-21(18-8-3-1-4-9-18,19-10-5-2-6-11-19)15-17-14-20-12-7-13-22(20)16-17/h1-6,8-11,17,20,23H,7,12-16H2/p+1/t17-,20+/m0/s1. The lowest BCUT2D eigenvalue weighted by Gasteiger charge is -2.31. The largest absolute Gasteiger partial charge is 0.380 e. The highest BCUT2D eigenvalue weighted by atomic mass is 16.3. The normalized spacial score (nSPS) is 27.1. The van der Waals surface area contributed by atoms with E-state index >= 15 is 0 Å². The van der Waals surface area contributed by atoms with E-state index in [4.69, 9.17) is 0 Å². The Morgan fingerprint density at radius 1 is 0.957 bits per heavy atom. The molecule has 2 aliphatic heterocycles. The third-order valence-corrected chi connectivity index (χ3v) is 5.88. The van der Waals surface area contributed by atoms with Crippen LogP contribution >= 0.6 is 0 Å². The van der Waals surface area contributed by atoms with Crippen LogP contribution in [0.4, 0.5) is 0 Å². The summed E-state index contributed by atoms with van der Waals surface area (Å²) in [4.78, 5) is 1.78. The number of hydrogen-bond donors (Lipinski definition) is 2. The Balaban J connectivity index is 1.64. The summed E-state index contributed by atoms with van der Waals surface area (Å²) in [7, 11) is 0. The second kappa shape index (κ2) is 6.10. The number of hydrogen-bond acceptors (Lipinski definition) is 1. The number of aliphatic hydroxyl groups is 1. The van der Waals surface area contributed by atoms with Gasteiger partial charge in [0.05, 0.1) is 19.1 Å². The van der Waals surface area contributed by atoms with Crippen molar-refractivity contribution in [3.05, 3.63) is 71.8 Å². The van der Waals surface area contributed by atoms with Gasteiger partial charge in [0, 0.05) is 25.2 Å². The predicted molar refractivity (Wildman–Crippen MR) is 92.3 cm³/mol. The fraction of sp³-hybridized carbons (Fsp3) is 0.429. The van der Waals surface area contributed by atoms with Crippen molar-refractivity contribution in [3.63, 3.8) is 0 Å². The van der Waals surface area contributed by atoms with E-state index in [1.54, 1.807) is 4.90 Å². The van der Waals surface area contributed by atoms with Crippen LogP contribution in [0.25, 0.3) is 0 Å². The molecule has 2 saturated heterocycles. The van der Waals surface area contributed by atoms with Crippen molar-refractivity contribution in [3.8, 4) is 0 Å². The number of quaternary nitrogens is 1. The maximum atomic E-state index is 11.7. The predicted octanol–water partition coefficient (Wildman–Crippen LogP) is 2.38. The molecular formula is C21H26NO+. The Morgan fingerprint density at radius 3 is 2.13 bits per heavy atom. The zero-order valence-corrected chi connectivity index (χ0v) is 13.6. The Morgan fingerprint density at radius 2 is 1.57 bits per heavy atom. The average molecular weight is 308 g/mol. The van der Waals surface area contributed by atoms with E-state index in [2.05, 4.69) is 24.3 Å². The van der Waals surface area contributed by atoms with Crippen LogP contribution in [0.1, 0.15) is 36.8 Å². The van der Waals surface area contributed by atoms with Crippen molar-refractivity contribution in [2.24, 2.45) is 5.92 Å². The molecule has 2 aromatic carbocycles. The van der Waals surface area contributed by atoms with Gasteiger partial charge in [-0.1, -0.05) is 60.7 Å². The van der Waals surface area contributed by atoms with E-state index in [1.807, 2.05) is 36.4 Å². The molecule has 2 fully saturated rings. The fourth-order valence-electron chi connectivity index (χ4n) is 4.80. The van der Waals surface area contributed by atoms with E-state index in [-0.39, 0.29) is 0 Å². The van der Waals surface area contributed by atoms with Gasteiger partial charge in [-0.2, -0.15) is 0 Å². The van der Waals surface area contributed by atoms with E-state index in [0.29, 0.717) is 5.92 Å². The Hall–Kier alpha value is -1.64. The molecule has 0 aromatic heterocycles. The molecule has 2 heterocycles. The average Bonchev–Trinajstić information content (AvgIpc) is 3.18. The van der Waals surface area contributed by atoms with Crippen LogP contribution < -0.4 is 4.90 Å². The third-order valence-electron chi connectivity index (χ3n) is 5.88. The van der Waals surface area contributed by atoms with Gasteiger partial charge >= 0.3 is 0 Å². The summed E-state index contributed by atoms with van der Waals surface area (Å²) in [6.07, 6.45) is 4.87. The molecule has 0 aliphatic carbocycles. The van der Waals surface area contributed by atoms with E-state index < -0.39 is 5.60 Å². The molecule has 2 heteroatoms. The maximum absolute atomic E-state index is 11.7. The van der Waals surface area contributed by atoms with Gasteiger partial charge in [0.1, 0.15) is 5.60 Å². The first-order chi connectivity index (χ1) is 11.3. The molecule has 2 aliphatic rings. The molecule has 2 nitrogen and oxygen atoms in total. The second-order valence-corrected chi connectivity index (χ2v) is 7.35. The molecular weight excluding hydrogens is 282 g/mol. The molecule has 1 unspecified atom stereocenters. The van der Waals surface area contributed by atoms with Crippen LogP contribution in [-0.4, -0.2) is 24.2 Å². The number of benzene rings is 2. The van der Waals surface area contributed by atoms with Gasteiger partial charge < -0.3 is 10.0 Å². The lowest BCUT2D eigenvalue weighted by molar-refractivity contribution is -0.900. The van der Waals surface area contributed by atoms with Gasteiger partial charge in [-0.3, -0.25) is 0 Å². The third kappa shape index (κ3) is 2.82. The summed E-state index contributed by atoms with van der Waals surface area (Å²) in [5.41, 5.74) is 1.17. The summed E-state index contributed by atoms with van der Waals surface area (Å²) in [5, 5.41) is 11.7. The monoisotopic (exact) mass is 308 g/mol. The molecule has 2 N–H and O–H groups in total. The molecule has 4 rings (SSSR count). The molecule has 0 saturated carbocycles. The minimum Gasteiger partial charge on any atom is -0.380 e. The molecule has 0 radical (unpaired) electrons. The van der Waals surface area contributed by atoms with E-state index in [9.17, 15) is 5.11 Å². The van der Waals surface area contributed by atoms with Crippen molar-refractivity contribution in [2.45, 2.75) is 37.3 Å². The van der Waals surface area contributed by atoms with Crippen LogP contribution in [0.5, 0.6) is 0 Å². The van der Waals surface area contributed by atoms with Crippen molar-refractivity contribution in [2.75, 3.05) is 13.1 Å². The highest BCUT2D eigenvalue weighted by molar-refractivity contribution is 5.36. The van der Waals surface area contributed by atoms with E-state index in [0.717, 1.165) is 23.6 Å². The van der Waals surface area contributed by atoms with Gasteiger partial charge in [0.15, 0.2) is 0 Å². The highest BCUT2D eigenvalue weighted by Crippen LogP contribution is 2.37. The highest BCUT2D eigenvalue weighted by Gasteiger charge is 2.43. The first-order valence-corrected chi connectivity index (χ1v) is 8.94. The first kappa shape index (κ1) is 14.9. The van der Waals surface area contributed by atoms with Crippen LogP contribution in [0.2, 0.25) is 0 Å². The van der Waals surface area contributed by atoms with Gasteiger partial charge in [0.2, 0.25) is 0 Å². The Kier molecular flexibility index (Phi) is 3.96. The minimum absolute atomic E-state index is 0.612. The minimum atomic E-state index is -0.869. The molecule has 2 aromatic rings. The fourth-order valence-corrected chi connectivity index (χ4v) is 4.80. The number of rotatable bonds is 4. The van der Waals surface area contributed by atoms with Crippen LogP contribution in [0.15, 0.2) is 60.7 Å². The molecule has 3 atom stereocenters. The molecule has 23 heavy (non-hydrogen) atoms. The second-order valence-electron chi connectivity index (χ2n) is 7.35. The lowest BCUT2D eigenvalue weighted by Crippen LogP contribution is -3.11. The zero-order chi connectivity index (χ0) is 15.7. The van der Waals surface area contributed by atoms with Gasteiger partial charge in [-0.05, 0) is 17.5 Å². The smallest absolute Gasteiger partial charge is 0.115 e. The number of fused-ring (bicyclic) bond motifs is 1. The zero-order valence-electron chi connectivity index (χ0n) is 13.6. The van der Waals surface area contributed by atoms with Crippen molar-refractivity contribution < 1.29 is 10.0 Å². The van der Waals surface area contributed by atoms with Crippen LogP contribution in [-0.2, 0) is 5.60 Å². The summed E-state index contributed by atoms with van der Waals surface area (Å²) in [6, 6.07) is 21.3. The maximum Gasteiger partial charge on any atom is 0.115 e. The van der Waals surface area contributed by atoms with Crippen molar-refractivity contribution >= 4 is 0 Å². The SMILES string of the molecule is OC(C[C@@H]1C[C@H]2CCC[NH+]2C1)(c1ccccc1)c1ccccc1. The topological polar surface area (TPSA) is 24.7 Å². The van der Waals surface area contributed by atoms with Gasteiger partial charge in [0.25, 0.3) is 0 Å². The summed E-state index contributed by atoms with van der Waals surface area (Å²) in [6.45, 7) is 2.56. The summed E-state index contributed by atoms with van der Waals surface area (Å²) >= 11 is 0. The summed E-state index contributed by atoms with van der Waals surface area (Å²) < 4.78 is 0. The quantitative estimate of drug-likeness (QED) is 0.890. The molecule has 0 bridgehead atoms. The van der Waals surface area contributed by atoms with Crippen LogP contribution in [0.3, 0.4) is 0 Å². The Labute approximate surface area is 138 Å². The van der Waals surface area contributed by atoms with Gasteiger partial charge in [-0.25, -0.2) is 0 Å². The molecule has 0 spiro atoms. The Bertz CT molecular complexity index is 588. The van der Waals surface area contributed by atoms with E-state index in [1.165, 1.54) is 32.4 Å². The number of nitrogens with one attached hydrogen (secondary N) is 1.